The van der Waals surface area contributed by atoms with E-state index in [9.17, 15) is 13.6 Å². The molecule has 0 amide bonds. The van der Waals surface area contributed by atoms with Crippen molar-refractivity contribution < 1.29 is 13.6 Å². The summed E-state index contributed by atoms with van der Waals surface area (Å²) in [5, 5.41) is 0.519. The van der Waals surface area contributed by atoms with E-state index >= 15 is 0 Å². The number of aryl methyl sites for hydroxylation is 1. The standard InChI is InChI=1S/C19H19F2NO/c1-13-9-10-14(23)5-2-7-16-18(13)19-15(21)6-3-8-17(19)22(16)12-4-11-20/h2-3,6-8H,1,4-5,9-12H2/b7-2-. The molecule has 0 spiro atoms. The van der Waals surface area contributed by atoms with E-state index in [2.05, 4.69) is 6.58 Å². The lowest BCUT2D eigenvalue weighted by molar-refractivity contribution is -0.118. The molecule has 1 aromatic heterocycles. The second-order valence-corrected chi connectivity index (χ2v) is 5.84. The number of carbonyl (C=O) groups is 1. The monoisotopic (exact) mass is 315 g/mol. The Bertz CT molecular complexity index is 801. The van der Waals surface area contributed by atoms with E-state index < -0.39 is 6.67 Å². The van der Waals surface area contributed by atoms with E-state index in [1.165, 1.54) is 6.07 Å². The maximum absolute atomic E-state index is 14.5. The van der Waals surface area contributed by atoms with Crippen molar-refractivity contribution in [3.05, 3.63) is 47.9 Å². The number of carbonyl (C=O) groups excluding carboxylic acids is 1. The molecule has 0 N–H and O–H groups in total. The van der Waals surface area contributed by atoms with E-state index in [1.54, 1.807) is 6.07 Å². The van der Waals surface area contributed by atoms with E-state index in [0.717, 1.165) is 22.3 Å². The molecule has 0 radical (unpaired) electrons. The highest BCUT2D eigenvalue weighted by molar-refractivity contribution is 5.98. The zero-order valence-corrected chi connectivity index (χ0v) is 12.9. The van der Waals surface area contributed by atoms with E-state index in [0.29, 0.717) is 37.6 Å². The van der Waals surface area contributed by atoms with Gasteiger partial charge in [0.05, 0.1) is 12.2 Å². The normalized spacial score (nSPS) is 16.8. The lowest BCUT2D eigenvalue weighted by atomic mass is 9.98. The highest BCUT2D eigenvalue weighted by Gasteiger charge is 2.21. The number of halogens is 2. The van der Waals surface area contributed by atoms with Crippen molar-refractivity contribution >= 4 is 28.3 Å². The van der Waals surface area contributed by atoms with Gasteiger partial charge in [-0.05, 0) is 36.6 Å². The molecule has 0 saturated heterocycles. The number of allylic oxidation sites excluding steroid dienone is 2. The van der Waals surface area contributed by atoms with Crippen LogP contribution >= 0.6 is 0 Å². The number of rotatable bonds is 3. The first kappa shape index (κ1) is 15.7. The van der Waals surface area contributed by atoms with Gasteiger partial charge in [-0.25, -0.2) is 4.39 Å². The Hall–Kier alpha value is -2.23. The Morgan fingerprint density at radius 1 is 1.26 bits per heavy atom. The number of ketones is 1. The smallest absolute Gasteiger partial charge is 0.136 e. The molecule has 23 heavy (non-hydrogen) atoms. The van der Waals surface area contributed by atoms with Gasteiger partial charge in [0.15, 0.2) is 0 Å². The number of alkyl halides is 1. The summed E-state index contributed by atoms with van der Waals surface area (Å²) in [5.74, 6) is -0.162. The fourth-order valence-corrected chi connectivity index (χ4v) is 3.19. The van der Waals surface area contributed by atoms with E-state index in [1.807, 2.05) is 22.8 Å². The third-order valence-corrected chi connectivity index (χ3v) is 4.28. The quantitative estimate of drug-likeness (QED) is 0.788. The number of hydrogen-bond acceptors (Lipinski definition) is 1. The number of Topliss-reactive ketones (excluding diaryl/α,β-unsaturated/α-hetero) is 1. The van der Waals surface area contributed by atoms with Crippen LogP contribution in [0.2, 0.25) is 0 Å². The van der Waals surface area contributed by atoms with E-state index in [-0.39, 0.29) is 11.6 Å². The van der Waals surface area contributed by atoms with Gasteiger partial charge in [0.1, 0.15) is 11.6 Å². The molecule has 2 nitrogen and oxygen atoms in total. The average Bonchev–Trinajstić information content (AvgIpc) is 2.87. The minimum absolute atomic E-state index is 0.146. The van der Waals surface area contributed by atoms with Gasteiger partial charge in [0, 0.05) is 36.0 Å². The lowest BCUT2D eigenvalue weighted by Crippen LogP contribution is -2.01. The molecule has 0 unspecified atom stereocenters. The maximum atomic E-state index is 14.5. The summed E-state index contributed by atoms with van der Waals surface area (Å²) < 4.78 is 29.1. The molecular weight excluding hydrogens is 296 g/mol. The largest absolute Gasteiger partial charge is 0.340 e. The van der Waals surface area contributed by atoms with Crippen molar-refractivity contribution in [2.45, 2.75) is 32.2 Å². The molecule has 4 heteroatoms. The molecule has 0 saturated carbocycles. The molecule has 120 valence electrons. The molecule has 1 heterocycles. The zero-order chi connectivity index (χ0) is 16.4. The van der Waals surface area contributed by atoms with Gasteiger partial charge in [0.25, 0.3) is 0 Å². The van der Waals surface area contributed by atoms with Crippen molar-refractivity contribution in [2.75, 3.05) is 6.67 Å². The topological polar surface area (TPSA) is 22.0 Å². The minimum atomic E-state index is -0.424. The van der Waals surface area contributed by atoms with Crippen LogP contribution in [0.4, 0.5) is 8.78 Å². The van der Waals surface area contributed by atoms with Gasteiger partial charge in [-0.2, -0.15) is 0 Å². The number of benzene rings is 1. The van der Waals surface area contributed by atoms with Gasteiger partial charge < -0.3 is 4.57 Å². The van der Waals surface area contributed by atoms with Gasteiger partial charge in [-0.1, -0.05) is 18.7 Å². The summed E-state index contributed by atoms with van der Waals surface area (Å²) in [5.41, 5.74) is 3.08. The Morgan fingerprint density at radius 2 is 2.09 bits per heavy atom. The van der Waals surface area contributed by atoms with Crippen molar-refractivity contribution in [1.29, 1.82) is 0 Å². The van der Waals surface area contributed by atoms with Crippen molar-refractivity contribution in [3.63, 3.8) is 0 Å². The third-order valence-electron chi connectivity index (χ3n) is 4.28. The van der Waals surface area contributed by atoms with Crippen LogP contribution in [0.5, 0.6) is 0 Å². The van der Waals surface area contributed by atoms with Crippen molar-refractivity contribution in [3.8, 4) is 0 Å². The first-order valence-electron chi connectivity index (χ1n) is 7.86. The van der Waals surface area contributed by atoms with Gasteiger partial charge in [-0.3, -0.25) is 9.18 Å². The van der Waals surface area contributed by atoms with Crippen LogP contribution in [0.1, 0.15) is 36.9 Å². The predicted molar refractivity (Wildman–Crippen MR) is 89.4 cm³/mol. The number of hydrogen-bond donors (Lipinski definition) is 0. The Kier molecular flexibility index (Phi) is 4.42. The van der Waals surface area contributed by atoms with Crippen LogP contribution in [-0.2, 0) is 11.3 Å². The summed E-state index contributed by atoms with van der Waals surface area (Å²) in [7, 11) is 0. The maximum Gasteiger partial charge on any atom is 0.136 e. The fourth-order valence-electron chi connectivity index (χ4n) is 3.19. The molecule has 0 bridgehead atoms. The van der Waals surface area contributed by atoms with Gasteiger partial charge in [-0.15, -0.1) is 0 Å². The molecule has 0 atom stereocenters. The molecule has 1 aromatic carbocycles. The summed E-state index contributed by atoms with van der Waals surface area (Å²) in [6.07, 6.45) is 5.31. The van der Waals surface area contributed by atoms with Crippen LogP contribution in [-0.4, -0.2) is 17.0 Å². The summed E-state index contributed by atoms with van der Waals surface area (Å²) >= 11 is 0. The average molecular weight is 315 g/mol. The third kappa shape index (κ3) is 2.85. The molecule has 1 aliphatic rings. The highest BCUT2D eigenvalue weighted by atomic mass is 19.1. The zero-order valence-electron chi connectivity index (χ0n) is 12.9. The Labute approximate surface area is 134 Å². The van der Waals surface area contributed by atoms with Gasteiger partial charge in [0.2, 0.25) is 0 Å². The van der Waals surface area contributed by atoms with Crippen LogP contribution in [0.3, 0.4) is 0 Å². The lowest BCUT2D eigenvalue weighted by Gasteiger charge is -2.09. The molecule has 0 fully saturated rings. The van der Waals surface area contributed by atoms with Crippen molar-refractivity contribution in [2.24, 2.45) is 0 Å². The summed E-state index contributed by atoms with van der Waals surface area (Å²) in [4.78, 5) is 11.8. The van der Waals surface area contributed by atoms with Crippen LogP contribution in [0, 0.1) is 5.82 Å². The molecule has 1 aliphatic carbocycles. The number of aromatic nitrogens is 1. The summed E-state index contributed by atoms with van der Waals surface area (Å²) in [6, 6.07) is 4.94. The van der Waals surface area contributed by atoms with Crippen LogP contribution < -0.4 is 0 Å². The number of nitrogens with zero attached hydrogens (tertiary/aromatic N) is 1. The van der Waals surface area contributed by atoms with Crippen molar-refractivity contribution in [1.82, 2.24) is 4.57 Å². The van der Waals surface area contributed by atoms with Gasteiger partial charge >= 0.3 is 0 Å². The first-order valence-corrected chi connectivity index (χ1v) is 7.86. The minimum Gasteiger partial charge on any atom is -0.340 e. The highest BCUT2D eigenvalue weighted by Crippen LogP contribution is 2.36. The molecular formula is C19H19F2NO. The van der Waals surface area contributed by atoms with Crippen LogP contribution in [0.15, 0.2) is 30.9 Å². The Balaban J connectivity index is 2.28. The molecule has 2 aromatic rings. The second kappa shape index (κ2) is 6.49. The number of fused-ring (bicyclic) bond motifs is 3. The van der Waals surface area contributed by atoms with Crippen LogP contribution in [0.25, 0.3) is 22.6 Å². The summed E-state index contributed by atoms with van der Waals surface area (Å²) in [6.45, 7) is 4.12. The predicted octanol–water partition coefficient (Wildman–Crippen LogP) is 4.92. The van der Waals surface area contributed by atoms with E-state index in [4.69, 9.17) is 0 Å². The SMILES string of the molecule is C=C1CCC(=O)C/C=C\c2c1c1c(F)cccc1n2CCCF. The molecule has 3 rings (SSSR count). The fraction of sp³-hybridized carbons (Fsp3) is 0.316. The first-order chi connectivity index (χ1) is 11.1. The Morgan fingerprint density at radius 3 is 2.87 bits per heavy atom. The molecule has 0 aliphatic heterocycles. The second-order valence-electron chi connectivity index (χ2n) is 5.84.